The molecule has 0 unspecified atom stereocenters. The number of nitrogen functional groups attached to an aromatic ring is 1. The Morgan fingerprint density at radius 1 is 1.30 bits per heavy atom. The number of ether oxygens (including phenoxy) is 1. The minimum absolute atomic E-state index is 0.0282. The number of benzene rings is 1. The van der Waals surface area contributed by atoms with Crippen LogP contribution in [0.4, 0.5) is 11.5 Å². The zero-order valence-corrected chi connectivity index (χ0v) is 16.2. The molecule has 0 aliphatic heterocycles. The Morgan fingerprint density at radius 2 is 2.00 bits per heavy atom. The molecule has 0 fully saturated rings. The summed E-state index contributed by atoms with van der Waals surface area (Å²) in [5, 5.41) is 0. The standard InChI is InChI=1S/C19H26N4O4/c1-5-6-9-23-17(20)16(18(25)21-19(23)26)22(4)15(24)11-27-14-8-7-12(2)10-13(14)3/h7-8,10H,5-6,9,11,20H2,1-4H3,(H,21,25,26). The van der Waals surface area contributed by atoms with E-state index in [-0.39, 0.29) is 18.1 Å². The maximum atomic E-state index is 12.5. The molecular weight excluding hydrogens is 348 g/mol. The summed E-state index contributed by atoms with van der Waals surface area (Å²) in [6.45, 7) is 5.95. The van der Waals surface area contributed by atoms with E-state index in [9.17, 15) is 14.4 Å². The number of nitrogens with two attached hydrogens (primary N) is 1. The van der Waals surface area contributed by atoms with Crippen LogP contribution in [0.25, 0.3) is 0 Å². The zero-order valence-electron chi connectivity index (χ0n) is 16.2. The van der Waals surface area contributed by atoms with E-state index in [1.165, 1.54) is 11.6 Å². The molecule has 0 atom stereocenters. The number of amides is 1. The maximum Gasteiger partial charge on any atom is 0.330 e. The lowest BCUT2D eigenvalue weighted by Gasteiger charge is -2.20. The van der Waals surface area contributed by atoms with Crippen molar-refractivity contribution < 1.29 is 9.53 Å². The molecule has 146 valence electrons. The van der Waals surface area contributed by atoms with Crippen LogP contribution in [-0.4, -0.2) is 29.1 Å². The molecule has 1 amide bonds. The largest absolute Gasteiger partial charge is 0.483 e. The van der Waals surface area contributed by atoms with E-state index in [1.54, 1.807) is 6.07 Å². The van der Waals surface area contributed by atoms with Crippen molar-refractivity contribution in [3.63, 3.8) is 0 Å². The van der Waals surface area contributed by atoms with Crippen LogP contribution in [0.5, 0.6) is 5.75 Å². The maximum absolute atomic E-state index is 12.5. The Kier molecular flexibility index (Phi) is 6.44. The third-order valence-corrected chi connectivity index (χ3v) is 4.34. The number of aromatic amines is 1. The van der Waals surface area contributed by atoms with Crippen molar-refractivity contribution in [2.75, 3.05) is 24.3 Å². The number of nitrogens with one attached hydrogen (secondary N) is 1. The topological polar surface area (TPSA) is 110 Å². The number of aryl methyl sites for hydroxylation is 2. The highest BCUT2D eigenvalue weighted by Gasteiger charge is 2.21. The van der Waals surface area contributed by atoms with Crippen molar-refractivity contribution in [2.45, 2.75) is 40.2 Å². The highest BCUT2D eigenvalue weighted by molar-refractivity contribution is 5.96. The number of rotatable bonds is 7. The van der Waals surface area contributed by atoms with Crippen LogP contribution in [-0.2, 0) is 11.3 Å². The van der Waals surface area contributed by atoms with Gasteiger partial charge in [-0.15, -0.1) is 0 Å². The number of anilines is 2. The van der Waals surface area contributed by atoms with Gasteiger partial charge in [0.25, 0.3) is 11.5 Å². The van der Waals surface area contributed by atoms with E-state index < -0.39 is 17.2 Å². The fourth-order valence-corrected chi connectivity index (χ4v) is 2.76. The van der Waals surface area contributed by atoms with Gasteiger partial charge < -0.3 is 15.4 Å². The molecule has 0 aliphatic rings. The van der Waals surface area contributed by atoms with Crippen LogP contribution >= 0.6 is 0 Å². The predicted octanol–water partition coefficient (Wildman–Crippen LogP) is 1.58. The lowest BCUT2D eigenvalue weighted by Crippen LogP contribution is -2.40. The summed E-state index contributed by atoms with van der Waals surface area (Å²) in [5.74, 6) is 0.115. The van der Waals surface area contributed by atoms with Crippen molar-refractivity contribution in [2.24, 2.45) is 0 Å². The molecule has 2 rings (SSSR count). The third kappa shape index (κ3) is 4.58. The Balaban J connectivity index is 2.23. The summed E-state index contributed by atoms with van der Waals surface area (Å²) in [4.78, 5) is 40.1. The molecule has 1 aromatic heterocycles. The molecule has 0 saturated heterocycles. The van der Waals surface area contributed by atoms with Crippen molar-refractivity contribution >= 4 is 17.4 Å². The van der Waals surface area contributed by atoms with Gasteiger partial charge in [0.05, 0.1) is 0 Å². The van der Waals surface area contributed by atoms with Crippen LogP contribution in [0.3, 0.4) is 0 Å². The first-order valence-corrected chi connectivity index (χ1v) is 8.85. The molecule has 27 heavy (non-hydrogen) atoms. The second kappa shape index (κ2) is 8.57. The fraction of sp³-hybridized carbons (Fsp3) is 0.421. The first-order valence-electron chi connectivity index (χ1n) is 8.85. The van der Waals surface area contributed by atoms with Gasteiger partial charge in [-0.1, -0.05) is 31.0 Å². The molecule has 0 saturated carbocycles. The fourth-order valence-electron chi connectivity index (χ4n) is 2.76. The number of nitrogens with zero attached hydrogens (tertiary/aromatic N) is 2. The predicted molar refractivity (Wildman–Crippen MR) is 105 cm³/mol. The zero-order chi connectivity index (χ0) is 20.1. The first-order chi connectivity index (χ1) is 12.8. The number of carbonyl (C=O) groups excluding carboxylic acids is 1. The molecule has 1 heterocycles. The Morgan fingerprint density at radius 3 is 2.63 bits per heavy atom. The molecule has 0 radical (unpaired) electrons. The summed E-state index contributed by atoms with van der Waals surface area (Å²) in [6, 6.07) is 5.64. The second-order valence-electron chi connectivity index (χ2n) is 6.51. The Hall–Kier alpha value is -3.03. The summed E-state index contributed by atoms with van der Waals surface area (Å²) < 4.78 is 6.85. The van der Waals surface area contributed by atoms with E-state index in [1.807, 2.05) is 32.9 Å². The van der Waals surface area contributed by atoms with Crippen molar-refractivity contribution in [3.8, 4) is 5.75 Å². The van der Waals surface area contributed by atoms with E-state index in [0.29, 0.717) is 12.3 Å². The van der Waals surface area contributed by atoms with Crippen molar-refractivity contribution in [3.05, 3.63) is 50.2 Å². The number of aromatic nitrogens is 2. The number of carbonyl (C=O) groups is 1. The van der Waals surface area contributed by atoms with Crippen LogP contribution in [0, 0.1) is 13.8 Å². The van der Waals surface area contributed by atoms with Gasteiger partial charge in [0.1, 0.15) is 11.6 Å². The lowest BCUT2D eigenvalue weighted by atomic mass is 10.1. The summed E-state index contributed by atoms with van der Waals surface area (Å²) >= 11 is 0. The number of hydrogen-bond donors (Lipinski definition) is 2. The van der Waals surface area contributed by atoms with Gasteiger partial charge in [0.15, 0.2) is 12.3 Å². The number of H-pyrrole nitrogens is 1. The molecule has 0 bridgehead atoms. The molecular formula is C19H26N4O4. The van der Waals surface area contributed by atoms with E-state index >= 15 is 0 Å². The number of likely N-dealkylation sites (N-methyl/N-ethyl adjacent to an activating group) is 1. The van der Waals surface area contributed by atoms with Gasteiger partial charge in [-0.3, -0.25) is 19.1 Å². The van der Waals surface area contributed by atoms with Gasteiger partial charge in [-0.05, 0) is 31.9 Å². The first kappa shape index (κ1) is 20.3. The van der Waals surface area contributed by atoms with Crippen LogP contribution in [0.15, 0.2) is 27.8 Å². The molecule has 3 N–H and O–H groups in total. The van der Waals surface area contributed by atoms with Crippen LogP contribution in [0.1, 0.15) is 30.9 Å². The summed E-state index contributed by atoms with van der Waals surface area (Å²) in [7, 11) is 1.43. The Bertz CT molecular complexity index is 946. The quantitative estimate of drug-likeness (QED) is 0.764. The molecule has 0 aliphatic carbocycles. The minimum Gasteiger partial charge on any atom is -0.483 e. The number of unbranched alkanes of at least 4 members (excludes halogenated alkanes) is 1. The summed E-state index contributed by atoms with van der Waals surface area (Å²) in [5.41, 5.74) is 6.69. The summed E-state index contributed by atoms with van der Waals surface area (Å²) in [6.07, 6.45) is 1.59. The van der Waals surface area contributed by atoms with Crippen molar-refractivity contribution in [1.29, 1.82) is 0 Å². The average Bonchev–Trinajstić information content (AvgIpc) is 2.60. The molecule has 8 heteroatoms. The highest BCUT2D eigenvalue weighted by Crippen LogP contribution is 2.20. The molecule has 0 spiro atoms. The smallest absolute Gasteiger partial charge is 0.330 e. The van der Waals surface area contributed by atoms with E-state index in [0.717, 1.165) is 28.9 Å². The normalized spacial score (nSPS) is 10.7. The minimum atomic E-state index is -0.701. The second-order valence-corrected chi connectivity index (χ2v) is 6.51. The number of hydrogen-bond acceptors (Lipinski definition) is 5. The third-order valence-electron chi connectivity index (χ3n) is 4.34. The molecule has 1 aromatic carbocycles. The molecule has 8 nitrogen and oxygen atoms in total. The van der Waals surface area contributed by atoms with Gasteiger partial charge in [0, 0.05) is 13.6 Å². The van der Waals surface area contributed by atoms with Gasteiger partial charge in [-0.25, -0.2) is 4.79 Å². The van der Waals surface area contributed by atoms with E-state index in [4.69, 9.17) is 10.5 Å². The van der Waals surface area contributed by atoms with Crippen LogP contribution < -0.4 is 26.6 Å². The van der Waals surface area contributed by atoms with Gasteiger partial charge in [0.2, 0.25) is 0 Å². The average molecular weight is 374 g/mol. The van der Waals surface area contributed by atoms with Gasteiger partial charge in [-0.2, -0.15) is 0 Å². The highest BCUT2D eigenvalue weighted by atomic mass is 16.5. The monoisotopic (exact) mass is 374 g/mol. The molecule has 2 aromatic rings. The SMILES string of the molecule is CCCCn1c(N)c(N(C)C(=O)COc2ccc(C)cc2C)c(=O)[nH]c1=O. The lowest BCUT2D eigenvalue weighted by molar-refractivity contribution is -0.120. The van der Waals surface area contributed by atoms with Gasteiger partial charge >= 0.3 is 5.69 Å². The van der Waals surface area contributed by atoms with E-state index in [2.05, 4.69) is 4.98 Å². The van der Waals surface area contributed by atoms with Crippen molar-refractivity contribution in [1.82, 2.24) is 9.55 Å². The van der Waals surface area contributed by atoms with Crippen LogP contribution in [0.2, 0.25) is 0 Å². The Labute approximate surface area is 157 Å².